The Labute approximate surface area is 170 Å². The standard InChI is InChI=1S/C20H15Cl2FN2O3/c21-17-3-1-2-16(19(17)22)12-4-6-14(7-5-12)27-11-15-10-25-13(9-23)8-18(26)24-20(25)28-15/h1-8,15H,9-11H2. The molecule has 2 aromatic carbocycles. The molecule has 0 saturated heterocycles. The molecule has 0 aliphatic carbocycles. The summed E-state index contributed by atoms with van der Waals surface area (Å²) >= 11 is 12.3. The molecule has 3 aromatic rings. The van der Waals surface area contributed by atoms with Gasteiger partial charge in [0.2, 0.25) is 0 Å². The lowest BCUT2D eigenvalue weighted by Crippen LogP contribution is -2.23. The lowest BCUT2D eigenvalue weighted by Gasteiger charge is -2.12. The van der Waals surface area contributed by atoms with Gasteiger partial charge >= 0.3 is 6.01 Å². The molecular weight excluding hydrogens is 406 g/mol. The second kappa shape index (κ2) is 7.81. The van der Waals surface area contributed by atoms with Crippen molar-refractivity contribution in [2.75, 3.05) is 6.61 Å². The van der Waals surface area contributed by atoms with Gasteiger partial charge in [-0.25, -0.2) is 4.39 Å². The van der Waals surface area contributed by atoms with Crippen LogP contribution in [0.25, 0.3) is 11.1 Å². The van der Waals surface area contributed by atoms with E-state index in [4.69, 9.17) is 32.7 Å². The molecule has 0 amide bonds. The molecule has 0 spiro atoms. The summed E-state index contributed by atoms with van der Waals surface area (Å²) in [5, 5.41) is 0.998. The fourth-order valence-corrected chi connectivity index (χ4v) is 3.46. The van der Waals surface area contributed by atoms with Crippen molar-refractivity contribution >= 4 is 23.2 Å². The molecule has 144 valence electrons. The van der Waals surface area contributed by atoms with Crippen LogP contribution in [0.2, 0.25) is 10.0 Å². The number of hydrogen-bond acceptors (Lipinski definition) is 4. The van der Waals surface area contributed by atoms with Crippen LogP contribution in [0.1, 0.15) is 5.69 Å². The summed E-state index contributed by atoms with van der Waals surface area (Å²) in [6.07, 6.45) is -0.360. The van der Waals surface area contributed by atoms with Gasteiger partial charge < -0.3 is 9.47 Å². The first kappa shape index (κ1) is 18.8. The summed E-state index contributed by atoms with van der Waals surface area (Å²) < 4.78 is 26.0. The lowest BCUT2D eigenvalue weighted by atomic mass is 10.1. The van der Waals surface area contributed by atoms with Gasteiger partial charge in [-0.2, -0.15) is 4.98 Å². The molecule has 1 aliphatic rings. The number of benzene rings is 2. The SMILES string of the molecule is O=c1cc(CF)n2c(n1)OC(COc1ccc(-c3cccc(Cl)c3Cl)cc1)C2. The largest absolute Gasteiger partial charge is 0.490 e. The van der Waals surface area contributed by atoms with Gasteiger partial charge in [0.15, 0.2) is 6.10 Å². The Morgan fingerprint density at radius 2 is 2.00 bits per heavy atom. The topological polar surface area (TPSA) is 53.4 Å². The smallest absolute Gasteiger partial charge is 0.300 e. The fraction of sp³-hybridized carbons (Fsp3) is 0.200. The molecule has 0 N–H and O–H groups in total. The monoisotopic (exact) mass is 420 g/mol. The van der Waals surface area contributed by atoms with Crippen LogP contribution < -0.4 is 15.0 Å². The van der Waals surface area contributed by atoms with Crippen molar-refractivity contribution in [1.82, 2.24) is 9.55 Å². The van der Waals surface area contributed by atoms with Crippen LogP contribution in [0.5, 0.6) is 11.8 Å². The van der Waals surface area contributed by atoms with Gasteiger partial charge in [0, 0.05) is 11.6 Å². The molecule has 0 fully saturated rings. The zero-order chi connectivity index (χ0) is 19.7. The van der Waals surface area contributed by atoms with Gasteiger partial charge in [0.25, 0.3) is 5.56 Å². The van der Waals surface area contributed by atoms with E-state index in [9.17, 15) is 9.18 Å². The Morgan fingerprint density at radius 3 is 2.75 bits per heavy atom. The molecule has 8 heteroatoms. The lowest BCUT2D eigenvalue weighted by molar-refractivity contribution is 0.143. The molecule has 1 aromatic heterocycles. The Bertz CT molecular complexity index is 1070. The molecule has 5 nitrogen and oxygen atoms in total. The third-order valence-corrected chi connectivity index (χ3v) is 5.24. The van der Waals surface area contributed by atoms with E-state index in [0.29, 0.717) is 22.3 Å². The van der Waals surface area contributed by atoms with E-state index in [1.807, 2.05) is 36.4 Å². The van der Waals surface area contributed by atoms with Gasteiger partial charge in [-0.15, -0.1) is 0 Å². The van der Waals surface area contributed by atoms with Crippen molar-refractivity contribution in [3.05, 3.63) is 74.6 Å². The van der Waals surface area contributed by atoms with Crippen molar-refractivity contribution in [2.24, 2.45) is 0 Å². The van der Waals surface area contributed by atoms with Gasteiger partial charge in [0.1, 0.15) is 19.0 Å². The van der Waals surface area contributed by atoms with Crippen LogP contribution in [0.3, 0.4) is 0 Å². The summed E-state index contributed by atoms with van der Waals surface area (Å²) in [4.78, 5) is 15.2. The highest BCUT2D eigenvalue weighted by atomic mass is 35.5. The maximum absolute atomic E-state index is 13.1. The first-order chi connectivity index (χ1) is 13.5. The first-order valence-electron chi connectivity index (χ1n) is 8.56. The molecule has 0 bridgehead atoms. The molecule has 0 radical (unpaired) electrons. The average Bonchev–Trinajstić information content (AvgIpc) is 3.11. The second-order valence-electron chi connectivity index (χ2n) is 6.29. The van der Waals surface area contributed by atoms with Crippen LogP contribution in [0, 0.1) is 0 Å². The molecule has 4 rings (SSSR count). The van der Waals surface area contributed by atoms with E-state index in [1.54, 1.807) is 10.6 Å². The summed E-state index contributed by atoms with van der Waals surface area (Å²) in [6, 6.07) is 14.2. The number of rotatable bonds is 5. The zero-order valence-corrected chi connectivity index (χ0v) is 16.1. The quantitative estimate of drug-likeness (QED) is 0.608. The van der Waals surface area contributed by atoms with Gasteiger partial charge in [-0.3, -0.25) is 9.36 Å². The highest BCUT2D eigenvalue weighted by Crippen LogP contribution is 2.34. The molecule has 1 unspecified atom stereocenters. The minimum Gasteiger partial charge on any atom is -0.490 e. The molecule has 1 aliphatic heterocycles. The van der Waals surface area contributed by atoms with Crippen molar-refractivity contribution in [2.45, 2.75) is 19.3 Å². The summed E-state index contributed by atoms with van der Waals surface area (Å²) in [7, 11) is 0. The Morgan fingerprint density at radius 1 is 1.21 bits per heavy atom. The molecule has 0 saturated carbocycles. The normalized spacial score (nSPS) is 15.2. The number of nitrogens with zero attached hydrogens (tertiary/aromatic N) is 2. The van der Waals surface area contributed by atoms with E-state index >= 15 is 0 Å². The van der Waals surface area contributed by atoms with E-state index in [-0.39, 0.29) is 24.4 Å². The Kier molecular flexibility index (Phi) is 5.24. The number of halogens is 3. The molecule has 1 atom stereocenters. The number of hydrogen-bond donors (Lipinski definition) is 0. The number of alkyl halides is 1. The van der Waals surface area contributed by atoms with Crippen molar-refractivity contribution in [3.8, 4) is 22.9 Å². The van der Waals surface area contributed by atoms with Crippen molar-refractivity contribution < 1.29 is 13.9 Å². The zero-order valence-electron chi connectivity index (χ0n) is 14.6. The summed E-state index contributed by atoms with van der Waals surface area (Å²) in [6.45, 7) is -0.145. The van der Waals surface area contributed by atoms with E-state index in [1.165, 1.54) is 6.07 Å². The Balaban J connectivity index is 1.42. The van der Waals surface area contributed by atoms with Gasteiger partial charge in [-0.1, -0.05) is 47.5 Å². The fourth-order valence-electron chi connectivity index (χ4n) is 3.05. The number of fused-ring (bicyclic) bond motifs is 1. The van der Waals surface area contributed by atoms with E-state index < -0.39 is 12.2 Å². The van der Waals surface area contributed by atoms with Gasteiger partial charge in [0.05, 0.1) is 22.3 Å². The number of ether oxygens (including phenoxy) is 2. The molecular formula is C20H15Cl2FN2O3. The van der Waals surface area contributed by atoms with Crippen LogP contribution in [0.4, 0.5) is 4.39 Å². The third kappa shape index (κ3) is 3.70. The maximum atomic E-state index is 13.1. The van der Waals surface area contributed by atoms with Gasteiger partial charge in [-0.05, 0) is 23.8 Å². The van der Waals surface area contributed by atoms with Crippen LogP contribution >= 0.6 is 23.2 Å². The highest BCUT2D eigenvalue weighted by Gasteiger charge is 2.26. The predicted octanol–water partition coefficient (Wildman–Crippen LogP) is 4.53. The average molecular weight is 421 g/mol. The molecule has 28 heavy (non-hydrogen) atoms. The number of aromatic nitrogens is 2. The Hall–Kier alpha value is -2.57. The minimum absolute atomic E-state index is 0.125. The highest BCUT2D eigenvalue weighted by molar-refractivity contribution is 6.43. The third-order valence-electron chi connectivity index (χ3n) is 4.42. The van der Waals surface area contributed by atoms with Crippen LogP contribution in [0.15, 0.2) is 53.3 Å². The van der Waals surface area contributed by atoms with Crippen molar-refractivity contribution in [1.29, 1.82) is 0 Å². The van der Waals surface area contributed by atoms with Crippen LogP contribution in [-0.2, 0) is 13.2 Å². The van der Waals surface area contributed by atoms with E-state index in [0.717, 1.165) is 11.1 Å². The van der Waals surface area contributed by atoms with E-state index in [2.05, 4.69) is 4.98 Å². The molecule has 2 heterocycles. The minimum atomic E-state index is -0.755. The predicted molar refractivity (Wildman–Crippen MR) is 105 cm³/mol. The summed E-state index contributed by atoms with van der Waals surface area (Å²) in [5.74, 6) is 0.648. The second-order valence-corrected chi connectivity index (χ2v) is 7.07. The summed E-state index contributed by atoms with van der Waals surface area (Å²) in [5.41, 5.74) is 1.49. The van der Waals surface area contributed by atoms with Crippen LogP contribution in [-0.4, -0.2) is 22.3 Å². The van der Waals surface area contributed by atoms with Crippen molar-refractivity contribution in [3.63, 3.8) is 0 Å². The maximum Gasteiger partial charge on any atom is 0.300 e. The first-order valence-corrected chi connectivity index (χ1v) is 9.31.